The van der Waals surface area contributed by atoms with Crippen LogP contribution in [-0.4, -0.2) is 16.8 Å². The molecule has 242 valence electrons. The summed E-state index contributed by atoms with van der Waals surface area (Å²) in [5, 5.41) is 11.0. The summed E-state index contributed by atoms with van der Waals surface area (Å²) in [4.78, 5) is 38.9. The van der Waals surface area contributed by atoms with E-state index in [0.717, 1.165) is 11.1 Å². The Hall–Kier alpha value is -5.90. The summed E-state index contributed by atoms with van der Waals surface area (Å²) in [5.74, 6) is -1.61. The van der Waals surface area contributed by atoms with Gasteiger partial charge in [-0.15, -0.1) is 0 Å². The van der Waals surface area contributed by atoms with Crippen molar-refractivity contribution in [3.05, 3.63) is 171 Å². The molecule has 3 atom stereocenters. The van der Waals surface area contributed by atoms with Gasteiger partial charge in [0.2, 0.25) is 5.91 Å². The topological polar surface area (TPSA) is 99.0 Å². The molecular weight excluding hydrogens is 618 g/mol. The third-order valence-electron chi connectivity index (χ3n) is 8.33. The Morgan fingerprint density at radius 1 is 0.812 bits per heavy atom. The molecule has 1 amide bonds. The number of anilines is 1. The molecule has 0 aromatic heterocycles. The molecule has 1 heterocycles. The van der Waals surface area contributed by atoms with Crippen molar-refractivity contribution in [3.63, 3.8) is 0 Å². The molecule has 0 unspecified atom stereocenters. The van der Waals surface area contributed by atoms with Crippen molar-refractivity contribution in [3.8, 4) is 5.75 Å². The van der Waals surface area contributed by atoms with Crippen LogP contribution in [0.4, 0.5) is 20.2 Å². The number of nitro groups is 1. The number of halogens is 2. The molecule has 5 aromatic rings. The number of rotatable bonds is 12. The van der Waals surface area contributed by atoms with Gasteiger partial charge >= 0.3 is 5.97 Å². The fourth-order valence-corrected chi connectivity index (χ4v) is 5.82. The average Bonchev–Trinajstić information content (AvgIpc) is 3.11. The average molecular weight is 649 g/mol. The number of esters is 1. The molecule has 0 radical (unpaired) electrons. The standard InChI is InChI=1S/C38H30F2N2O6/c39-29-12-6-26(7-13-29)35(48-38(44)28-8-16-32(17-9-28)42(45)46)23-22-34-36(41(37(34)43)31-18-14-30(40)15-19-31)27-10-20-33(21-11-27)47-24-25-4-2-1-3-5-25/h1-21,34-36H,22-24H2/t34-,35+,36-/m1/s1. The van der Waals surface area contributed by atoms with Gasteiger partial charge in [-0.1, -0.05) is 54.6 Å². The van der Waals surface area contributed by atoms with Crippen LogP contribution in [0.3, 0.4) is 0 Å². The normalized spacial score (nSPS) is 16.1. The van der Waals surface area contributed by atoms with Gasteiger partial charge in [-0.2, -0.15) is 0 Å². The minimum atomic E-state index is -0.838. The van der Waals surface area contributed by atoms with Crippen LogP contribution in [0.1, 0.15) is 52.0 Å². The maximum Gasteiger partial charge on any atom is 0.338 e. The number of β-lactam (4-membered cyclic amide) rings is 1. The molecule has 0 aliphatic carbocycles. The molecular formula is C38H30F2N2O6. The predicted octanol–water partition coefficient (Wildman–Crippen LogP) is 8.53. The quantitative estimate of drug-likeness (QED) is 0.0582. The van der Waals surface area contributed by atoms with Crippen LogP contribution in [0.15, 0.2) is 127 Å². The van der Waals surface area contributed by atoms with Crippen LogP contribution in [0.25, 0.3) is 0 Å². The van der Waals surface area contributed by atoms with E-state index in [1.807, 2.05) is 54.6 Å². The first-order valence-corrected chi connectivity index (χ1v) is 15.3. The molecule has 6 rings (SSSR count). The summed E-state index contributed by atoms with van der Waals surface area (Å²) in [7, 11) is 0. The van der Waals surface area contributed by atoms with E-state index in [1.165, 1.54) is 60.7 Å². The van der Waals surface area contributed by atoms with Crippen LogP contribution in [0.2, 0.25) is 0 Å². The summed E-state index contributed by atoms with van der Waals surface area (Å²) in [6.07, 6.45) is -0.300. The number of nitro benzene ring substituents is 1. The summed E-state index contributed by atoms with van der Waals surface area (Å²) in [5.41, 5.74) is 2.90. The fourth-order valence-electron chi connectivity index (χ4n) is 5.82. The van der Waals surface area contributed by atoms with E-state index >= 15 is 0 Å². The Morgan fingerprint density at radius 2 is 1.44 bits per heavy atom. The number of nitrogens with zero attached hydrogens (tertiary/aromatic N) is 2. The van der Waals surface area contributed by atoms with E-state index in [-0.39, 0.29) is 23.6 Å². The third kappa shape index (κ3) is 7.23. The highest BCUT2D eigenvalue weighted by atomic mass is 19.1. The number of carbonyl (C=O) groups excluding carboxylic acids is 2. The number of hydrogen-bond acceptors (Lipinski definition) is 6. The minimum absolute atomic E-state index is 0.113. The van der Waals surface area contributed by atoms with Crippen molar-refractivity contribution in [1.82, 2.24) is 0 Å². The third-order valence-corrected chi connectivity index (χ3v) is 8.33. The molecule has 10 heteroatoms. The van der Waals surface area contributed by atoms with E-state index in [2.05, 4.69) is 0 Å². The Labute approximate surface area is 275 Å². The van der Waals surface area contributed by atoms with Crippen molar-refractivity contribution < 1.29 is 32.8 Å². The zero-order valence-corrected chi connectivity index (χ0v) is 25.6. The maximum absolute atomic E-state index is 13.8. The zero-order valence-electron chi connectivity index (χ0n) is 25.6. The number of benzene rings is 5. The lowest BCUT2D eigenvalue weighted by molar-refractivity contribution is -0.384. The van der Waals surface area contributed by atoms with E-state index < -0.39 is 40.6 Å². The van der Waals surface area contributed by atoms with E-state index in [1.54, 1.807) is 17.0 Å². The summed E-state index contributed by atoms with van der Waals surface area (Å²) in [6.45, 7) is 0.399. The van der Waals surface area contributed by atoms with Gasteiger partial charge in [0.1, 0.15) is 30.1 Å². The lowest BCUT2D eigenvalue weighted by atomic mass is 9.78. The zero-order chi connectivity index (χ0) is 33.6. The lowest BCUT2D eigenvalue weighted by Gasteiger charge is -2.48. The predicted molar refractivity (Wildman–Crippen MR) is 174 cm³/mol. The Kier molecular flexibility index (Phi) is 9.52. The van der Waals surface area contributed by atoms with Crippen molar-refractivity contribution in [2.75, 3.05) is 4.90 Å². The number of carbonyl (C=O) groups is 2. The molecule has 1 fully saturated rings. The van der Waals surface area contributed by atoms with Gasteiger partial charge in [0.05, 0.1) is 22.4 Å². The molecule has 0 spiro atoms. The second-order valence-corrected chi connectivity index (χ2v) is 11.4. The number of hydrogen-bond donors (Lipinski definition) is 0. The Balaban J connectivity index is 1.22. The van der Waals surface area contributed by atoms with Crippen molar-refractivity contribution in [2.24, 2.45) is 5.92 Å². The van der Waals surface area contributed by atoms with E-state index in [4.69, 9.17) is 9.47 Å². The van der Waals surface area contributed by atoms with Crippen molar-refractivity contribution in [2.45, 2.75) is 31.6 Å². The van der Waals surface area contributed by atoms with Crippen LogP contribution < -0.4 is 9.64 Å². The molecule has 8 nitrogen and oxygen atoms in total. The second kappa shape index (κ2) is 14.3. The van der Waals surface area contributed by atoms with E-state index in [9.17, 15) is 28.5 Å². The highest BCUT2D eigenvalue weighted by Gasteiger charge is 2.48. The fraction of sp³-hybridized carbons (Fsp3) is 0.158. The summed E-state index contributed by atoms with van der Waals surface area (Å²) < 4.78 is 39.4. The minimum Gasteiger partial charge on any atom is -0.489 e. The van der Waals surface area contributed by atoms with Gasteiger partial charge in [-0.3, -0.25) is 14.9 Å². The second-order valence-electron chi connectivity index (χ2n) is 11.4. The smallest absolute Gasteiger partial charge is 0.338 e. The molecule has 5 aromatic carbocycles. The number of amides is 1. The van der Waals surface area contributed by atoms with Gasteiger partial charge in [0, 0.05) is 17.8 Å². The Bertz CT molecular complexity index is 1880. The van der Waals surface area contributed by atoms with E-state index in [0.29, 0.717) is 30.0 Å². The number of non-ortho nitro benzene ring substituents is 1. The molecule has 0 saturated carbocycles. The molecule has 1 aliphatic rings. The van der Waals surface area contributed by atoms with Crippen LogP contribution in [0.5, 0.6) is 5.75 Å². The molecule has 1 aliphatic heterocycles. The monoisotopic (exact) mass is 648 g/mol. The lowest BCUT2D eigenvalue weighted by Crippen LogP contribution is -2.55. The first-order valence-electron chi connectivity index (χ1n) is 15.3. The van der Waals surface area contributed by atoms with Crippen molar-refractivity contribution in [1.29, 1.82) is 0 Å². The maximum atomic E-state index is 13.8. The molecule has 1 saturated heterocycles. The van der Waals surface area contributed by atoms with Gasteiger partial charge in [0.15, 0.2) is 0 Å². The van der Waals surface area contributed by atoms with Crippen LogP contribution in [0, 0.1) is 27.7 Å². The van der Waals surface area contributed by atoms with Crippen LogP contribution in [-0.2, 0) is 16.1 Å². The summed E-state index contributed by atoms with van der Waals surface area (Å²) >= 11 is 0. The highest BCUT2D eigenvalue weighted by molar-refractivity contribution is 6.03. The molecule has 0 bridgehead atoms. The van der Waals surface area contributed by atoms with Gasteiger partial charge in [-0.05, 0) is 90.2 Å². The van der Waals surface area contributed by atoms with Crippen molar-refractivity contribution >= 4 is 23.3 Å². The van der Waals surface area contributed by atoms with Gasteiger partial charge in [-0.25, -0.2) is 13.6 Å². The Morgan fingerprint density at radius 3 is 2.06 bits per heavy atom. The molecule has 0 N–H and O–H groups in total. The number of ether oxygens (including phenoxy) is 2. The summed E-state index contributed by atoms with van der Waals surface area (Å²) in [6, 6.07) is 33.2. The van der Waals surface area contributed by atoms with Gasteiger partial charge in [0.25, 0.3) is 5.69 Å². The highest BCUT2D eigenvalue weighted by Crippen LogP contribution is 2.47. The first-order chi connectivity index (χ1) is 23.3. The largest absolute Gasteiger partial charge is 0.489 e. The SMILES string of the molecule is O=C(O[C@@H](CC[C@H]1C(=O)N(c2ccc(F)cc2)[C@@H]1c1ccc(OCc2ccccc2)cc1)c1ccc(F)cc1)c1ccc([N+](=O)[O-])cc1. The molecule has 48 heavy (non-hydrogen) atoms. The van der Waals surface area contributed by atoms with Gasteiger partial charge < -0.3 is 14.4 Å². The van der Waals surface area contributed by atoms with Crippen LogP contribution >= 0.6 is 0 Å². The first kappa shape index (κ1) is 32.1.